The number of aliphatic hydroxyl groups is 1. The largest absolute Gasteiger partial charge is 0.423 e. The summed E-state index contributed by atoms with van der Waals surface area (Å²) in [6.07, 6.45) is -5.02. The third-order valence-electron chi connectivity index (χ3n) is 3.57. The molecule has 0 aliphatic heterocycles. The van der Waals surface area contributed by atoms with Crippen LogP contribution in [0.2, 0.25) is 0 Å². The van der Waals surface area contributed by atoms with Crippen LogP contribution in [0.4, 0.5) is 18.9 Å². The Morgan fingerprint density at radius 3 is 2.12 bits per heavy atom. The van der Waals surface area contributed by atoms with Gasteiger partial charge in [-0.05, 0) is 17.7 Å². The van der Waals surface area contributed by atoms with Gasteiger partial charge in [-0.3, -0.25) is 14.9 Å². The summed E-state index contributed by atoms with van der Waals surface area (Å²) in [5, 5.41) is 22.7. The van der Waals surface area contributed by atoms with Gasteiger partial charge in [0.15, 0.2) is 0 Å². The predicted octanol–water partition coefficient (Wildman–Crippen LogP) is 2.77. The third-order valence-corrected chi connectivity index (χ3v) is 3.57. The van der Waals surface area contributed by atoms with Crippen LogP contribution in [-0.4, -0.2) is 28.7 Å². The number of nitrogens with zero attached hydrogens (tertiary/aromatic N) is 1. The first-order valence-electron chi connectivity index (χ1n) is 7.02. The van der Waals surface area contributed by atoms with E-state index in [0.717, 1.165) is 36.4 Å². The molecule has 2 aromatic rings. The van der Waals surface area contributed by atoms with Crippen LogP contribution in [0.15, 0.2) is 54.6 Å². The number of nitro benzene ring substituents is 1. The number of halogens is 3. The number of carbonyl (C=O) groups excluding carboxylic acids is 1. The SMILES string of the molecule is O=C(NCC(O)(c1ccccc1)C(F)(F)F)c1ccc([N+](=O)[O-])cc1. The first-order chi connectivity index (χ1) is 11.6. The summed E-state index contributed by atoms with van der Waals surface area (Å²) < 4.78 is 39.9. The van der Waals surface area contributed by atoms with E-state index in [0.29, 0.717) is 0 Å². The highest BCUT2D eigenvalue weighted by atomic mass is 19.4. The van der Waals surface area contributed by atoms with E-state index in [1.807, 2.05) is 5.32 Å². The first kappa shape index (κ1) is 18.4. The Morgan fingerprint density at radius 1 is 1.08 bits per heavy atom. The fraction of sp³-hybridized carbons (Fsp3) is 0.188. The Labute approximate surface area is 140 Å². The lowest BCUT2D eigenvalue weighted by atomic mass is 9.93. The van der Waals surface area contributed by atoms with E-state index in [4.69, 9.17) is 0 Å². The number of alkyl halides is 3. The van der Waals surface area contributed by atoms with Gasteiger partial charge < -0.3 is 10.4 Å². The molecule has 1 atom stereocenters. The monoisotopic (exact) mass is 354 g/mol. The average molecular weight is 354 g/mol. The highest BCUT2D eigenvalue weighted by molar-refractivity contribution is 5.94. The molecule has 1 unspecified atom stereocenters. The molecule has 0 aromatic heterocycles. The molecule has 2 aromatic carbocycles. The van der Waals surface area contributed by atoms with Crippen molar-refractivity contribution in [3.8, 4) is 0 Å². The Kier molecular flexibility index (Phi) is 5.07. The van der Waals surface area contributed by atoms with Crippen molar-refractivity contribution in [1.82, 2.24) is 5.32 Å². The molecule has 0 spiro atoms. The van der Waals surface area contributed by atoms with E-state index >= 15 is 0 Å². The van der Waals surface area contributed by atoms with Crippen molar-refractivity contribution < 1.29 is 28.0 Å². The summed E-state index contributed by atoms with van der Waals surface area (Å²) in [5.74, 6) is -0.895. The fourth-order valence-electron chi connectivity index (χ4n) is 2.12. The molecule has 2 N–H and O–H groups in total. The minimum absolute atomic E-state index is 0.0665. The molecule has 0 aliphatic rings. The minimum atomic E-state index is -5.02. The van der Waals surface area contributed by atoms with Crippen molar-refractivity contribution in [2.45, 2.75) is 11.8 Å². The molecule has 0 aliphatic carbocycles. The Morgan fingerprint density at radius 2 is 1.64 bits per heavy atom. The van der Waals surface area contributed by atoms with Crippen molar-refractivity contribution in [1.29, 1.82) is 0 Å². The summed E-state index contributed by atoms with van der Waals surface area (Å²) >= 11 is 0. The van der Waals surface area contributed by atoms with Gasteiger partial charge in [0, 0.05) is 17.7 Å². The molecule has 9 heteroatoms. The molecule has 0 radical (unpaired) electrons. The molecule has 6 nitrogen and oxygen atoms in total. The molecule has 0 saturated carbocycles. The van der Waals surface area contributed by atoms with Gasteiger partial charge >= 0.3 is 6.18 Å². The van der Waals surface area contributed by atoms with E-state index in [1.165, 1.54) is 18.2 Å². The van der Waals surface area contributed by atoms with Crippen LogP contribution in [0.3, 0.4) is 0 Å². The molecule has 0 heterocycles. The third kappa shape index (κ3) is 3.94. The number of non-ortho nitro benzene ring substituents is 1. The lowest BCUT2D eigenvalue weighted by Gasteiger charge is -2.31. The number of hydrogen-bond acceptors (Lipinski definition) is 4. The van der Waals surface area contributed by atoms with Crippen LogP contribution in [0.5, 0.6) is 0 Å². The lowest BCUT2D eigenvalue weighted by molar-refractivity contribution is -0.384. The summed E-state index contributed by atoms with van der Waals surface area (Å²) in [6.45, 7) is -1.10. The van der Waals surface area contributed by atoms with Gasteiger partial charge in [0.05, 0.1) is 11.5 Å². The number of benzene rings is 2. The van der Waals surface area contributed by atoms with Crippen molar-refractivity contribution in [2.75, 3.05) is 6.54 Å². The first-order valence-corrected chi connectivity index (χ1v) is 7.02. The molecule has 2 rings (SSSR count). The van der Waals surface area contributed by atoms with Crippen LogP contribution >= 0.6 is 0 Å². The smallest absolute Gasteiger partial charge is 0.375 e. The zero-order chi connectivity index (χ0) is 18.7. The van der Waals surface area contributed by atoms with Gasteiger partial charge in [0.25, 0.3) is 11.6 Å². The highest BCUT2D eigenvalue weighted by Crippen LogP contribution is 2.38. The van der Waals surface area contributed by atoms with Crippen LogP contribution in [0.1, 0.15) is 15.9 Å². The van der Waals surface area contributed by atoms with Gasteiger partial charge in [-0.2, -0.15) is 13.2 Å². The average Bonchev–Trinajstić information content (AvgIpc) is 2.59. The second kappa shape index (κ2) is 6.89. The molecular formula is C16H13F3N2O4. The van der Waals surface area contributed by atoms with Gasteiger partial charge in [-0.15, -0.1) is 0 Å². The number of nitro groups is 1. The van der Waals surface area contributed by atoms with Gasteiger partial charge in [0.2, 0.25) is 5.60 Å². The zero-order valence-electron chi connectivity index (χ0n) is 12.7. The number of hydrogen-bond donors (Lipinski definition) is 2. The number of rotatable bonds is 5. The van der Waals surface area contributed by atoms with E-state index < -0.39 is 34.7 Å². The molecule has 1 amide bonds. The van der Waals surface area contributed by atoms with Crippen molar-refractivity contribution in [2.24, 2.45) is 0 Å². The molecule has 0 fully saturated rings. The summed E-state index contributed by atoms with van der Waals surface area (Å²) in [6, 6.07) is 10.7. The second-order valence-corrected chi connectivity index (χ2v) is 5.21. The van der Waals surface area contributed by atoms with E-state index in [-0.39, 0.29) is 11.3 Å². The number of nitrogens with one attached hydrogen (secondary N) is 1. The highest BCUT2D eigenvalue weighted by Gasteiger charge is 2.55. The van der Waals surface area contributed by atoms with Crippen LogP contribution in [0.25, 0.3) is 0 Å². The molecular weight excluding hydrogens is 341 g/mol. The Hall–Kier alpha value is -2.94. The Balaban J connectivity index is 2.18. The van der Waals surface area contributed by atoms with Crippen LogP contribution in [-0.2, 0) is 5.60 Å². The maximum Gasteiger partial charge on any atom is 0.423 e. The van der Waals surface area contributed by atoms with Crippen molar-refractivity contribution in [3.05, 3.63) is 75.8 Å². The second-order valence-electron chi connectivity index (χ2n) is 5.21. The molecule has 132 valence electrons. The lowest BCUT2D eigenvalue weighted by Crippen LogP contribution is -2.51. The van der Waals surface area contributed by atoms with E-state index in [1.54, 1.807) is 0 Å². The maximum atomic E-state index is 13.3. The van der Waals surface area contributed by atoms with E-state index in [9.17, 15) is 33.2 Å². The Bertz CT molecular complexity index is 763. The topological polar surface area (TPSA) is 92.5 Å². The van der Waals surface area contributed by atoms with Gasteiger partial charge in [-0.1, -0.05) is 30.3 Å². The fourth-order valence-corrected chi connectivity index (χ4v) is 2.12. The summed E-state index contributed by atoms with van der Waals surface area (Å²) in [7, 11) is 0. The zero-order valence-corrected chi connectivity index (χ0v) is 12.7. The van der Waals surface area contributed by atoms with E-state index in [2.05, 4.69) is 0 Å². The normalized spacial score (nSPS) is 13.8. The van der Waals surface area contributed by atoms with Crippen molar-refractivity contribution >= 4 is 11.6 Å². The molecule has 0 bridgehead atoms. The quantitative estimate of drug-likeness (QED) is 0.638. The summed E-state index contributed by atoms with van der Waals surface area (Å²) in [5.41, 5.74) is -3.99. The van der Waals surface area contributed by atoms with Gasteiger partial charge in [-0.25, -0.2) is 0 Å². The molecule has 0 saturated heterocycles. The number of amides is 1. The summed E-state index contributed by atoms with van der Waals surface area (Å²) in [4.78, 5) is 21.9. The standard InChI is InChI=1S/C16H13F3N2O4/c17-16(18,19)15(23,12-4-2-1-3-5-12)10-20-14(22)11-6-8-13(9-7-11)21(24)25/h1-9,23H,10H2,(H,20,22). The minimum Gasteiger partial charge on any atom is -0.375 e. The predicted molar refractivity (Wildman–Crippen MR) is 81.8 cm³/mol. The van der Waals surface area contributed by atoms with Crippen LogP contribution in [0, 0.1) is 10.1 Å². The van der Waals surface area contributed by atoms with Crippen molar-refractivity contribution in [3.63, 3.8) is 0 Å². The molecule has 25 heavy (non-hydrogen) atoms. The number of carbonyl (C=O) groups is 1. The maximum absolute atomic E-state index is 13.3. The van der Waals surface area contributed by atoms with Crippen LogP contribution < -0.4 is 5.32 Å². The van der Waals surface area contributed by atoms with Gasteiger partial charge in [0.1, 0.15) is 0 Å².